The van der Waals surface area contributed by atoms with Crippen LogP contribution in [0.25, 0.3) is 0 Å². The number of nitrogens with zero attached hydrogens (tertiary/aromatic N) is 1. The predicted molar refractivity (Wildman–Crippen MR) is 151 cm³/mol. The first-order valence-corrected chi connectivity index (χ1v) is 14.5. The van der Waals surface area contributed by atoms with Gasteiger partial charge >= 0.3 is 5.97 Å². The highest BCUT2D eigenvalue weighted by Crippen LogP contribution is 2.72. The van der Waals surface area contributed by atoms with E-state index in [1.54, 1.807) is 12.2 Å². The quantitative estimate of drug-likeness (QED) is 0.289. The largest absolute Gasteiger partial charge is 0.469 e. The van der Waals surface area contributed by atoms with Crippen LogP contribution >= 0.6 is 0 Å². The highest BCUT2D eigenvalue weighted by Gasteiger charge is 2.69. The normalized spacial score (nSPS) is 39.1. The van der Waals surface area contributed by atoms with E-state index in [0.29, 0.717) is 32.1 Å². The molecule has 0 spiro atoms. The average molecular weight is 532 g/mol. The third kappa shape index (κ3) is 3.90. The fourth-order valence-electron chi connectivity index (χ4n) is 8.92. The van der Waals surface area contributed by atoms with Crippen molar-refractivity contribution in [2.24, 2.45) is 44.3 Å². The van der Waals surface area contributed by atoms with Gasteiger partial charge in [-0.25, -0.2) is 0 Å². The standard InChI is InChI=1S/C34H45NO4/c1-10-29(3,4)14-16-33(28(38)39-9)17-15-32(8)23(20-33)24(36)18-26-31(7)19-22(21-35)27(37)30(5,6)25(31)12-13-34(26,32)11-2/h2,18-19,23,25H,10,12-17,20H2,1,3-9H3/t23-,25-,31-,32+,33-,34+/m0/s1. The van der Waals surface area contributed by atoms with Crippen molar-refractivity contribution in [3.63, 3.8) is 0 Å². The Bertz CT molecular complexity index is 1250. The molecule has 0 bridgehead atoms. The molecule has 4 rings (SSSR count). The van der Waals surface area contributed by atoms with Crippen LogP contribution in [0, 0.1) is 68.0 Å². The number of methoxy groups -OCH3 is 1. The monoisotopic (exact) mass is 531 g/mol. The Hall–Kier alpha value is -2.66. The van der Waals surface area contributed by atoms with Crippen LogP contribution in [-0.2, 0) is 19.1 Å². The summed E-state index contributed by atoms with van der Waals surface area (Å²) < 4.78 is 5.37. The first kappa shape index (κ1) is 29.3. The molecule has 0 aromatic rings. The number of ketones is 2. The zero-order valence-electron chi connectivity index (χ0n) is 25.1. The maximum atomic E-state index is 14.1. The van der Waals surface area contributed by atoms with E-state index in [1.165, 1.54) is 7.11 Å². The summed E-state index contributed by atoms with van der Waals surface area (Å²) in [6.45, 7) is 14.7. The first-order valence-electron chi connectivity index (χ1n) is 14.5. The lowest BCUT2D eigenvalue weighted by Crippen LogP contribution is -2.62. The number of allylic oxidation sites excluding steroid dienone is 4. The summed E-state index contributed by atoms with van der Waals surface area (Å²) in [6, 6.07) is 2.13. The van der Waals surface area contributed by atoms with E-state index in [9.17, 15) is 19.6 Å². The molecule has 2 saturated carbocycles. The SMILES string of the molecule is C#C[C@@]12CC[C@H]3C(C)(C)C(=O)C(C#N)=C[C@]3(C)C1=CC(=O)[C@@H]1C[C@@](CCC(C)(C)CC)(C(=O)OC)CC[C@]12C. The van der Waals surface area contributed by atoms with Crippen LogP contribution in [-0.4, -0.2) is 24.6 Å². The van der Waals surface area contributed by atoms with Crippen molar-refractivity contribution in [1.82, 2.24) is 0 Å². The van der Waals surface area contributed by atoms with Crippen molar-refractivity contribution in [3.05, 3.63) is 23.3 Å². The maximum absolute atomic E-state index is 14.1. The van der Waals surface area contributed by atoms with Crippen LogP contribution in [0.15, 0.2) is 23.3 Å². The molecular formula is C34H45NO4. The molecular weight excluding hydrogens is 486 g/mol. The second-order valence-corrected chi connectivity index (χ2v) is 14.6. The minimum absolute atomic E-state index is 0.00425. The zero-order chi connectivity index (χ0) is 29.2. The van der Waals surface area contributed by atoms with Crippen molar-refractivity contribution in [2.75, 3.05) is 7.11 Å². The molecule has 39 heavy (non-hydrogen) atoms. The van der Waals surface area contributed by atoms with E-state index in [0.717, 1.165) is 24.8 Å². The van der Waals surface area contributed by atoms with Gasteiger partial charge in [0.15, 0.2) is 11.6 Å². The number of terminal acetylenes is 1. The minimum atomic E-state index is -0.740. The number of fused-ring (bicyclic) bond motifs is 5. The molecule has 5 nitrogen and oxygen atoms in total. The lowest BCUT2D eigenvalue weighted by molar-refractivity contribution is -0.166. The third-order valence-electron chi connectivity index (χ3n) is 12.0. The number of rotatable bonds is 5. The van der Waals surface area contributed by atoms with Crippen LogP contribution in [0.1, 0.15) is 99.8 Å². The molecule has 210 valence electrons. The number of hydrogen-bond donors (Lipinski definition) is 0. The van der Waals surface area contributed by atoms with Gasteiger partial charge in [0.2, 0.25) is 0 Å². The number of hydrogen-bond acceptors (Lipinski definition) is 5. The van der Waals surface area contributed by atoms with Crippen molar-refractivity contribution in [1.29, 1.82) is 5.26 Å². The third-order valence-corrected chi connectivity index (χ3v) is 12.0. The van der Waals surface area contributed by atoms with Gasteiger partial charge < -0.3 is 4.74 Å². The average Bonchev–Trinajstić information content (AvgIpc) is 2.90. The van der Waals surface area contributed by atoms with Gasteiger partial charge in [-0.3, -0.25) is 14.4 Å². The smallest absolute Gasteiger partial charge is 0.311 e. The van der Waals surface area contributed by atoms with Gasteiger partial charge in [-0.1, -0.05) is 66.9 Å². The number of ether oxygens (including phenoxy) is 1. The molecule has 4 aliphatic carbocycles. The van der Waals surface area contributed by atoms with Crippen LogP contribution in [0.5, 0.6) is 0 Å². The molecule has 6 atom stereocenters. The Kier molecular flexibility index (Phi) is 6.91. The number of nitriles is 1. The fourth-order valence-corrected chi connectivity index (χ4v) is 8.92. The maximum Gasteiger partial charge on any atom is 0.311 e. The second kappa shape index (κ2) is 9.19. The first-order chi connectivity index (χ1) is 18.0. The molecule has 0 unspecified atom stereocenters. The van der Waals surface area contributed by atoms with Gasteiger partial charge in [0, 0.05) is 16.7 Å². The molecule has 2 fully saturated rings. The van der Waals surface area contributed by atoms with Gasteiger partial charge in [-0.2, -0.15) is 5.26 Å². The number of carbonyl (C=O) groups is 3. The van der Waals surface area contributed by atoms with Crippen molar-refractivity contribution < 1.29 is 19.1 Å². The highest BCUT2D eigenvalue weighted by molar-refractivity contribution is 6.04. The summed E-state index contributed by atoms with van der Waals surface area (Å²) >= 11 is 0. The summed E-state index contributed by atoms with van der Waals surface area (Å²) in [5.74, 6) is 2.40. The molecule has 0 aromatic heterocycles. The second-order valence-electron chi connectivity index (χ2n) is 14.6. The Labute approximate surface area is 234 Å². The molecule has 0 aliphatic heterocycles. The Morgan fingerprint density at radius 1 is 1.18 bits per heavy atom. The fraction of sp³-hybridized carbons (Fsp3) is 0.706. The lowest BCUT2D eigenvalue weighted by atomic mass is 9.36. The van der Waals surface area contributed by atoms with Crippen LogP contribution in [0.2, 0.25) is 0 Å². The van der Waals surface area contributed by atoms with E-state index < -0.39 is 33.0 Å². The Morgan fingerprint density at radius 3 is 2.41 bits per heavy atom. The van der Waals surface area contributed by atoms with Gasteiger partial charge in [0.05, 0.1) is 23.5 Å². The number of carbonyl (C=O) groups excluding carboxylic acids is 3. The number of esters is 1. The predicted octanol–water partition coefficient (Wildman–Crippen LogP) is 6.77. The zero-order valence-corrected chi connectivity index (χ0v) is 25.1. The Balaban J connectivity index is 1.85. The van der Waals surface area contributed by atoms with Gasteiger partial charge in [-0.05, 0) is 73.3 Å². The molecule has 4 aliphatic rings. The van der Waals surface area contributed by atoms with Crippen LogP contribution in [0.4, 0.5) is 0 Å². The molecule has 0 aromatic carbocycles. The molecule has 0 N–H and O–H groups in total. The molecule has 0 saturated heterocycles. The Morgan fingerprint density at radius 2 is 1.85 bits per heavy atom. The van der Waals surface area contributed by atoms with Crippen LogP contribution < -0.4 is 0 Å². The van der Waals surface area contributed by atoms with E-state index >= 15 is 0 Å². The van der Waals surface area contributed by atoms with E-state index in [-0.39, 0.29) is 34.4 Å². The van der Waals surface area contributed by atoms with Gasteiger partial charge in [-0.15, -0.1) is 6.42 Å². The van der Waals surface area contributed by atoms with Crippen molar-refractivity contribution >= 4 is 17.5 Å². The summed E-state index contributed by atoms with van der Waals surface area (Å²) in [6.07, 6.45) is 15.7. The van der Waals surface area contributed by atoms with Gasteiger partial charge in [0.1, 0.15) is 6.07 Å². The topological polar surface area (TPSA) is 84.2 Å². The molecule has 0 amide bonds. The molecule has 0 heterocycles. The number of Topliss-reactive ketones (excluding diaryl/α,β-unsaturated/α-hetero) is 1. The summed E-state index contributed by atoms with van der Waals surface area (Å²) in [7, 11) is 1.44. The summed E-state index contributed by atoms with van der Waals surface area (Å²) in [5.41, 5.74) is -2.25. The molecule has 0 radical (unpaired) electrons. The highest BCUT2D eigenvalue weighted by atomic mass is 16.5. The molecule has 5 heteroatoms. The van der Waals surface area contributed by atoms with E-state index in [2.05, 4.69) is 46.6 Å². The minimum Gasteiger partial charge on any atom is -0.469 e. The van der Waals surface area contributed by atoms with Crippen molar-refractivity contribution in [2.45, 2.75) is 99.8 Å². The summed E-state index contributed by atoms with van der Waals surface area (Å²) in [5, 5.41) is 9.85. The lowest BCUT2D eigenvalue weighted by Gasteiger charge is -2.65. The van der Waals surface area contributed by atoms with E-state index in [4.69, 9.17) is 11.2 Å². The van der Waals surface area contributed by atoms with Crippen LogP contribution in [0.3, 0.4) is 0 Å². The van der Waals surface area contributed by atoms with Crippen molar-refractivity contribution in [3.8, 4) is 18.4 Å². The van der Waals surface area contributed by atoms with E-state index in [1.807, 2.05) is 13.8 Å². The summed E-state index contributed by atoms with van der Waals surface area (Å²) in [4.78, 5) is 40.7. The van der Waals surface area contributed by atoms with Gasteiger partial charge in [0.25, 0.3) is 0 Å².